The molecule has 0 saturated carbocycles. The molecule has 3 amide bonds. The van der Waals surface area contributed by atoms with Crippen molar-refractivity contribution in [2.45, 2.75) is 116 Å². The van der Waals surface area contributed by atoms with E-state index < -0.39 is 43.4 Å². The molecule has 1 aliphatic heterocycles. The van der Waals surface area contributed by atoms with Crippen LogP contribution in [0.25, 0.3) is 0 Å². The lowest BCUT2D eigenvalue weighted by atomic mass is 9.91. The van der Waals surface area contributed by atoms with E-state index in [1.54, 1.807) is 56.9 Å². The highest BCUT2D eigenvalue weighted by molar-refractivity contribution is 6.74. The molecule has 0 fully saturated rings. The molecule has 3 aromatic rings. The van der Waals surface area contributed by atoms with Crippen LogP contribution in [-0.2, 0) is 32.6 Å². The predicted octanol–water partition coefficient (Wildman–Crippen LogP) is 7.51. The van der Waals surface area contributed by atoms with Crippen LogP contribution < -0.4 is 14.6 Å². The number of likely N-dealkylation sites (N-methyl/N-ethyl adjacent to an activating group) is 1. The van der Waals surface area contributed by atoms with Crippen molar-refractivity contribution in [2.24, 2.45) is 0 Å². The molecule has 10 nitrogen and oxygen atoms in total. The zero-order valence-corrected chi connectivity index (χ0v) is 33.7. The molecule has 1 aliphatic rings. The van der Waals surface area contributed by atoms with Gasteiger partial charge in [0.05, 0.1) is 11.4 Å². The fourth-order valence-corrected chi connectivity index (χ4v) is 6.60. The van der Waals surface area contributed by atoms with E-state index in [2.05, 4.69) is 39.2 Å². The van der Waals surface area contributed by atoms with Crippen molar-refractivity contribution >= 4 is 31.9 Å². The van der Waals surface area contributed by atoms with Gasteiger partial charge in [0, 0.05) is 37.4 Å². The van der Waals surface area contributed by atoms with Crippen molar-refractivity contribution < 1.29 is 33.0 Å². The van der Waals surface area contributed by atoms with Crippen LogP contribution >= 0.6 is 0 Å². The molecule has 2 N–H and O–H groups in total. The van der Waals surface area contributed by atoms with Crippen LogP contribution in [0.15, 0.2) is 54.6 Å². The smallest absolute Gasteiger partial charge is 0.410 e. The molecule has 0 spiro atoms. The quantitative estimate of drug-likeness (QED) is 0.207. The molecule has 0 saturated heterocycles. The first-order valence-electron chi connectivity index (χ1n) is 17.7. The molecule has 2 atom stereocenters. The average molecular weight is 735 g/mol. The Kier molecular flexibility index (Phi) is 11.5. The number of hydrogen-bond donors (Lipinski definition) is 2. The van der Waals surface area contributed by atoms with E-state index in [9.17, 15) is 23.9 Å². The van der Waals surface area contributed by atoms with Gasteiger partial charge in [-0.2, -0.15) is 0 Å². The third kappa shape index (κ3) is 9.50. The summed E-state index contributed by atoms with van der Waals surface area (Å²) < 4.78 is 26.2. The van der Waals surface area contributed by atoms with E-state index in [-0.39, 0.29) is 28.9 Å². The Bertz CT molecular complexity index is 1780. The number of carbonyl (C=O) groups is 3. The lowest BCUT2D eigenvalue weighted by Crippen LogP contribution is -2.55. The van der Waals surface area contributed by atoms with Crippen molar-refractivity contribution in [3.05, 3.63) is 82.8 Å². The Balaban J connectivity index is 1.76. The van der Waals surface area contributed by atoms with Crippen molar-refractivity contribution in [1.29, 1.82) is 0 Å². The van der Waals surface area contributed by atoms with E-state index in [1.807, 2.05) is 19.9 Å². The summed E-state index contributed by atoms with van der Waals surface area (Å²) in [6.07, 6.45) is -0.139. The maximum Gasteiger partial charge on any atom is 0.410 e. The summed E-state index contributed by atoms with van der Waals surface area (Å²) in [4.78, 5) is 49.3. The van der Waals surface area contributed by atoms with Crippen LogP contribution in [0.4, 0.5) is 14.9 Å². The second-order valence-electron chi connectivity index (χ2n) is 17.0. The molecule has 12 heteroatoms. The molecule has 282 valence electrons. The van der Waals surface area contributed by atoms with E-state index in [0.29, 0.717) is 30.2 Å². The SMILES string of the molecule is C[C@@H](C(=O)N[C@@H](Cc1ccc(O)cc1)C(=O)N1CC(C)(C)c2nc(O[Si](C)(C)C(C)(C)C)c(Cc3ccc(F)cc3)cc21)N(C)C(=O)OC(C)(C)C. The van der Waals surface area contributed by atoms with Crippen molar-refractivity contribution in [1.82, 2.24) is 15.2 Å². The minimum atomic E-state index is -2.35. The lowest BCUT2D eigenvalue weighted by molar-refractivity contribution is -0.130. The van der Waals surface area contributed by atoms with Gasteiger partial charge < -0.3 is 24.5 Å². The summed E-state index contributed by atoms with van der Waals surface area (Å²) in [5.41, 5.74) is 2.33. The first-order chi connectivity index (χ1) is 23.9. The van der Waals surface area contributed by atoms with Gasteiger partial charge in [-0.25, -0.2) is 14.2 Å². The Morgan fingerprint density at radius 2 is 1.60 bits per heavy atom. The predicted molar refractivity (Wildman–Crippen MR) is 204 cm³/mol. The molecule has 0 radical (unpaired) electrons. The number of carbonyl (C=O) groups excluding carboxylic acids is 3. The van der Waals surface area contributed by atoms with Crippen molar-refractivity contribution in [3.63, 3.8) is 0 Å². The summed E-state index contributed by atoms with van der Waals surface area (Å²) in [6, 6.07) is 12.7. The molecule has 0 unspecified atom stereocenters. The van der Waals surface area contributed by atoms with E-state index in [4.69, 9.17) is 14.1 Å². The second-order valence-corrected chi connectivity index (χ2v) is 21.7. The van der Waals surface area contributed by atoms with Crippen LogP contribution in [0.3, 0.4) is 0 Å². The number of benzene rings is 2. The number of fused-ring (bicyclic) bond motifs is 1. The number of nitrogens with one attached hydrogen (secondary N) is 1. The van der Waals surface area contributed by atoms with E-state index >= 15 is 0 Å². The maximum atomic E-state index is 14.7. The number of amides is 3. The molecule has 2 aromatic carbocycles. The number of phenolic OH excluding ortho intramolecular Hbond substituents is 1. The highest BCUT2D eigenvalue weighted by Gasteiger charge is 2.45. The topological polar surface area (TPSA) is 121 Å². The van der Waals surface area contributed by atoms with Crippen LogP contribution in [0, 0.1) is 5.82 Å². The van der Waals surface area contributed by atoms with E-state index in [0.717, 1.165) is 16.7 Å². The van der Waals surface area contributed by atoms with E-state index in [1.165, 1.54) is 36.2 Å². The molecular weight excluding hydrogens is 680 g/mol. The van der Waals surface area contributed by atoms with Crippen LogP contribution in [-0.4, -0.2) is 72.5 Å². The molecular formula is C40H55FN4O6Si. The largest absolute Gasteiger partial charge is 0.530 e. The standard InChI is InChI=1S/C40H55FN4O6Si/c1-25(44(10)37(49)50-38(2,3)4)34(47)42-31(22-27-15-19-30(46)20-16-27)36(48)45-24-40(8,9)33-32(45)23-28(21-26-13-17-29(41)18-14-26)35(43-33)51-52(11,12)39(5,6)7/h13-20,23,25,31,46H,21-22,24H2,1-12H3,(H,42,47)/t25-,31-/m0/s1. The van der Waals surface area contributed by atoms with Crippen molar-refractivity contribution in [3.8, 4) is 11.6 Å². The zero-order valence-electron chi connectivity index (χ0n) is 32.7. The van der Waals surface area contributed by atoms with Gasteiger partial charge in [0.1, 0.15) is 29.3 Å². The van der Waals surface area contributed by atoms with Gasteiger partial charge in [-0.15, -0.1) is 0 Å². The fraction of sp³-hybridized carbons (Fsp3) is 0.500. The minimum absolute atomic E-state index is 0.0778. The third-order valence-corrected chi connectivity index (χ3v) is 14.2. The van der Waals surface area contributed by atoms with Crippen LogP contribution in [0.2, 0.25) is 18.1 Å². The number of pyridine rings is 1. The van der Waals surface area contributed by atoms with Gasteiger partial charge in [0.2, 0.25) is 17.7 Å². The van der Waals surface area contributed by atoms with Gasteiger partial charge in [0.15, 0.2) is 0 Å². The maximum absolute atomic E-state index is 14.7. The summed E-state index contributed by atoms with van der Waals surface area (Å²) in [6.45, 7) is 21.9. The Morgan fingerprint density at radius 3 is 2.15 bits per heavy atom. The number of nitrogens with zero attached hydrogens (tertiary/aromatic N) is 3. The minimum Gasteiger partial charge on any atom is -0.530 e. The van der Waals surface area contributed by atoms with Crippen molar-refractivity contribution in [2.75, 3.05) is 18.5 Å². The summed E-state index contributed by atoms with van der Waals surface area (Å²) in [5.74, 6) is -0.634. The molecule has 0 bridgehead atoms. The molecule has 0 aliphatic carbocycles. The number of anilines is 1. The highest BCUT2D eigenvalue weighted by atomic mass is 28.4. The van der Waals surface area contributed by atoms with Gasteiger partial charge in [-0.3, -0.25) is 14.5 Å². The summed E-state index contributed by atoms with van der Waals surface area (Å²) in [5, 5.41) is 12.7. The highest BCUT2D eigenvalue weighted by Crippen LogP contribution is 2.44. The van der Waals surface area contributed by atoms with Gasteiger partial charge >= 0.3 is 6.09 Å². The number of aromatic hydroxyl groups is 1. The number of phenols is 1. The third-order valence-electron chi connectivity index (χ3n) is 9.89. The Hall–Kier alpha value is -4.45. The monoisotopic (exact) mass is 734 g/mol. The summed E-state index contributed by atoms with van der Waals surface area (Å²) in [7, 11) is -0.873. The second kappa shape index (κ2) is 14.9. The average Bonchev–Trinajstić information content (AvgIpc) is 3.29. The van der Waals surface area contributed by atoms with Crippen LogP contribution in [0.5, 0.6) is 11.6 Å². The van der Waals surface area contributed by atoms with Gasteiger partial charge in [-0.1, -0.05) is 58.9 Å². The zero-order chi connectivity index (χ0) is 39.0. The van der Waals surface area contributed by atoms with Gasteiger partial charge in [0.25, 0.3) is 8.32 Å². The first-order valence-corrected chi connectivity index (χ1v) is 20.6. The fourth-order valence-electron chi connectivity index (χ4n) is 5.63. The first kappa shape index (κ1) is 40.3. The van der Waals surface area contributed by atoms with Gasteiger partial charge in [-0.05, 0) is 87.3 Å². The Morgan fingerprint density at radius 1 is 1.02 bits per heavy atom. The number of hydrogen-bond acceptors (Lipinski definition) is 7. The normalized spacial score (nSPS) is 15.4. The lowest BCUT2D eigenvalue weighted by Gasteiger charge is -2.36. The Labute approximate surface area is 308 Å². The molecule has 4 rings (SSSR count). The summed E-state index contributed by atoms with van der Waals surface area (Å²) >= 11 is 0. The van der Waals surface area contributed by atoms with Crippen LogP contribution in [0.1, 0.15) is 84.7 Å². The number of aromatic nitrogens is 1. The molecule has 2 heterocycles. The molecule has 1 aromatic heterocycles. The number of rotatable bonds is 10. The number of ether oxygens (including phenoxy) is 1. The number of halogens is 1. The molecule has 52 heavy (non-hydrogen) atoms.